The largest absolute Gasteiger partial charge is 0.495 e. The molecule has 0 aliphatic rings. The third-order valence-electron chi connectivity index (χ3n) is 3.74. The van der Waals surface area contributed by atoms with Gasteiger partial charge in [-0.05, 0) is 36.6 Å². The molecule has 0 aliphatic carbocycles. The van der Waals surface area contributed by atoms with Gasteiger partial charge in [0.2, 0.25) is 10.0 Å². The Balaban J connectivity index is 2.29. The van der Waals surface area contributed by atoms with E-state index in [4.69, 9.17) is 27.9 Å². The van der Waals surface area contributed by atoms with Crippen LogP contribution < -0.4 is 9.46 Å². The lowest BCUT2D eigenvalue weighted by Crippen LogP contribution is -2.27. The molecule has 130 valence electrons. The van der Waals surface area contributed by atoms with Crippen molar-refractivity contribution in [1.82, 2.24) is 4.72 Å². The van der Waals surface area contributed by atoms with Crippen LogP contribution in [0.4, 0.5) is 0 Å². The predicted octanol–water partition coefficient (Wildman–Crippen LogP) is 4.60. The maximum atomic E-state index is 12.6. The Morgan fingerprint density at radius 3 is 2.25 bits per heavy atom. The van der Waals surface area contributed by atoms with Crippen LogP contribution in [0.1, 0.15) is 31.0 Å². The summed E-state index contributed by atoms with van der Waals surface area (Å²) in [6.07, 6.45) is 0.931. The Morgan fingerprint density at radius 2 is 1.71 bits per heavy atom. The molecule has 0 fully saturated rings. The van der Waals surface area contributed by atoms with E-state index in [1.54, 1.807) is 6.92 Å². The zero-order valence-corrected chi connectivity index (χ0v) is 16.0. The first-order valence-corrected chi connectivity index (χ1v) is 9.67. The van der Waals surface area contributed by atoms with Crippen molar-refractivity contribution in [3.05, 3.63) is 57.6 Å². The molecule has 24 heavy (non-hydrogen) atoms. The molecule has 1 N–H and O–H groups in total. The second-order valence-electron chi connectivity index (χ2n) is 5.33. The number of sulfonamides is 1. The van der Waals surface area contributed by atoms with Crippen molar-refractivity contribution < 1.29 is 13.2 Å². The number of hydrogen-bond donors (Lipinski definition) is 1. The van der Waals surface area contributed by atoms with Gasteiger partial charge in [0.05, 0.1) is 12.1 Å². The van der Waals surface area contributed by atoms with E-state index in [2.05, 4.69) is 11.6 Å². The summed E-state index contributed by atoms with van der Waals surface area (Å²) in [6.45, 7) is 3.84. The Morgan fingerprint density at radius 1 is 1.08 bits per heavy atom. The van der Waals surface area contributed by atoms with E-state index >= 15 is 0 Å². The Hall–Kier alpha value is -1.27. The van der Waals surface area contributed by atoms with E-state index in [0.29, 0.717) is 5.75 Å². The Bertz CT molecular complexity index is 820. The van der Waals surface area contributed by atoms with Crippen LogP contribution in [0.15, 0.2) is 41.3 Å². The summed E-state index contributed by atoms with van der Waals surface area (Å²) in [4.78, 5) is -0.0769. The monoisotopic (exact) mass is 387 g/mol. The molecule has 0 saturated heterocycles. The fourth-order valence-electron chi connectivity index (χ4n) is 2.29. The minimum Gasteiger partial charge on any atom is -0.495 e. The highest BCUT2D eigenvalue weighted by atomic mass is 35.5. The number of methoxy groups -OCH3 is 1. The minimum absolute atomic E-state index is 0.0583. The van der Waals surface area contributed by atoms with E-state index in [9.17, 15) is 8.42 Å². The molecule has 7 heteroatoms. The third kappa shape index (κ3) is 4.03. The van der Waals surface area contributed by atoms with Crippen molar-refractivity contribution in [3.63, 3.8) is 0 Å². The van der Waals surface area contributed by atoms with E-state index in [-0.39, 0.29) is 14.9 Å². The second kappa shape index (κ2) is 7.74. The predicted molar refractivity (Wildman–Crippen MR) is 97.6 cm³/mol. The van der Waals surface area contributed by atoms with Gasteiger partial charge in [-0.25, -0.2) is 13.1 Å². The van der Waals surface area contributed by atoms with Gasteiger partial charge in [-0.1, -0.05) is 54.4 Å². The van der Waals surface area contributed by atoms with Gasteiger partial charge in [-0.15, -0.1) is 0 Å². The van der Waals surface area contributed by atoms with Crippen molar-refractivity contribution in [2.75, 3.05) is 7.11 Å². The fraction of sp³-hybridized carbons (Fsp3) is 0.294. The summed E-state index contributed by atoms with van der Waals surface area (Å²) >= 11 is 12.1. The van der Waals surface area contributed by atoms with Gasteiger partial charge in [0, 0.05) is 6.04 Å². The van der Waals surface area contributed by atoms with Crippen LogP contribution in [0.5, 0.6) is 5.75 Å². The first-order valence-electron chi connectivity index (χ1n) is 7.43. The number of ether oxygens (including phenoxy) is 1. The van der Waals surface area contributed by atoms with E-state index in [0.717, 1.165) is 12.0 Å². The average Bonchev–Trinajstić information content (AvgIpc) is 2.56. The topological polar surface area (TPSA) is 55.4 Å². The molecular formula is C17H19Cl2NO3S. The van der Waals surface area contributed by atoms with Gasteiger partial charge in [0.15, 0.2) is 0 Å². The van der Waals surface area contributed by atoms with Crippen LogP contribution in [0, 0.1) is 0 Å². The molecule has 2 aromatic carbocycles. The average molecular weight is 388 g/mol. The first kappa shape index (κ1) is 19.1. The van der Waals surface area contributed by atoms with Gasteiger partial charge in [-0.2, -0.15) is 0 Å². The molecule has 4 nitrogen and oxygen atoms in total. The second-order valence-corrected chi connectivity index (χ2v) is 7.77. The number of aryl methyl sites for hydroxylation is 1. The van der Waals surface area contributed by atoms with Gasteiger partial charge < -0.3 is 4.74 Å². The van der Waals surface area contributed by atoms with Crippen LogP contribution in [0.2, 0.25) is 10.0 Å². The highest BCUT2D eigenvalue weighted by molar-refractivity contribution is 7.89. The number of halogens is 2. The molecule has 1 unspecified atom stereocenters. The molecule has 0 heterocycles. The summed E-state index contributed by atoms with van der Waals surface area (Å²) < 4.78 is 32.9. The van der Waals surface area contributed by atoms with Gasteiger partial charge in [0.1, 0.15) is 15.7 Å². The summed E-state index contributed by atoms with van der Waals surface area (Å²) in [5.41, 5.74) is 2.06. The van der Waals surface area contributed by atoms with Crippen molar-refractivity contribution in [1.29, 1.82) is 0 Å². The zero-order valence-electron chi connectivity index (χ0n) is 13.6. The molecule has 1 atom stereocenters. The molecule has 2 rings (SSSR count). The molecule has 0 radical (unpaired) electrons. The molecule has 0 spiro atoms. The van der Waals surface area contributed by atoms with Crippen molar-refractivity contribution in [2.45, 2.75) is 31.2 Å². The van der Waals surface area contributed by atoms with E-state index in [1.807, 2.05) is 24.3 Å². The van der Waals surface area contributed by atoms with Gasteiger partial charge >= 0.3 is 0 Å². The van der Waals surface area contributed by atoms with Crippen LogP contribution >= 0.6 is 23.2 Å². The summed E-state index contributed by atoms with van der Waals surface area (Å²) in [6, 6.07) is 10.2. The number of nitrogens with one attached hydrogen (secondary N) is 1. The van der Waals surface area contributed by atoms with Crippen LogP contribution in [-0.4, -0.2) is 15.5 Å². The van der Waals surface area contributed by atoms with E-state index in [1.165, 1.54) is 24.8 Å². The fourth-order valence-corrected chi connectivity index (χ4v) is 4.36. The van der Waals surface area contributed by atoms with Gasteiger partial charge in [0.25, 0.3) is 0 Å². The van der Waals surface area contributed by atoms with Gasteiger partial charge in [-0.3, -0.25) is 0 Å². The number of rotatable bonds is 6. The highest BCUT2D eigenvalue weighted by Crippen LogP contribution is 2.36. The molecule has 2 aromatic rings. The lowest BCUT2D eigenvalue weighted by Gasteiger charge is -2.16. The lowest BCUT2D eigenvalue weighted by atomic mass is 10.1. The standard InChI is InChI=1S/C17H19Cl2NO3S/c1-4-12-5-7-13(8-6-12)11(2)20-24(21,22)15-10-9-14(23-3)16(18)17(15)19/h5-11,20H,4H2,1-3H3. The molecular weight excluding hydrogens is 369 g/mol. The first-order chi connectivity index (χ1) is 11.3. The quantitative estimate of drug-likeness (QED) is 0.787. The van der Waals surface area contributed by atoms with Crippen LogP contribution in [0.25, 0.3) is 0 Å². The summed E-state index contributed by atoms with van der Waals surface area (Å²) in [7, 11) is -2.39. The van der Waals surface area contributed by atoms with Crippen molar-refractivity contribution in [2.24, 2.45) is 0 Å². The normalized spacial score (nSPS) is 12.9. The number of benzene rings is 2. The Kier molecular flexibility index (Phi) is 6.15. The molecule has 0 amide bonds. The number of hydrogen-bond acceptors (Lipinski definition) is 3. The Labute approximate surface area is 152 Å². The summed E-state index contributed by atoms with van der Waals surface area (Å²) in [5.74, 6) is 0.323. The van der Waals surface area contributed by atoms with Crippen molar-refractivity contribution in [3.8, 4) is 5.75 Å². The molecule has 0 bridgehead atoms. The molecule has 0 aliphatic heterocycles. The van der Waals surface area contributed by atoms with Crippen molar-refractivity contribution >= 4 is 33.2 Å². The van der Waals surface area contributed by atoms with Crippen LogP contribution in [-0.2, 0) is 16.4 Å². The zero-order chi connectivity index (χ0) is 17.9. The molecule has 0 saturated carbocycles. The molecule has 0 aromatic heterocycles. The maximum absolute atomic E-state index is 12.6. The maximum Gasteiger partial charge on any atom is 0.242 e. The third-order valence-corrected chi connectivity index (χ3v) is 6.30. The summed E-state index contributed by atoms with van der Waals surface area (Å²) in [5, 5.41) is 0.0130. The van der Waals surface area contributed by atoms with Crippen LogP contribution in [0.3, 0.4) is 0 Å². The highest BCUT2D eigenvalue weighted by Gasteiger charge is 2.24. The minimum atomic E-state index is -3.82. The SMILES string of the molecule is CCc1ccc(C(C)NS(=O)(=O)c2ccc(OC)c(Cl)c2Cl)cc1. The smallest absolute Gasteiger partial charge is 0.242 e. The van der Waals surface area contributed by atoms with E-state index < -0.39 is 16.1 Å². The lowest BCUT2D eigenvalue weighted by molar-refractivity contribution is 0.414.